The molecule has 1 heterocycles. The highest BCUT2D eigenvalue weighted by Gasteiger charge is 2.36. The largest absolute Gasteiger partial charge is 0.497 e. The number of aromatic nitrogens is 2. The summed E-state index contributed by atoms with van der Waals surface area (Å²) < 4.78 is 18.3. The standard InChI is InChI=1S/C26H32N2O3/c1-19-5-7-20(8-6-19)24-17-25(26(2)15-13-23(14-16-26)31-18-29-3)27-28(24)21-9-11-22(30-4)12-10-21/h5-12,17,23H,13-16,18H2,1-4H3. The molecule has 0 unspecified atom stereocenters. The van der Waals surface area contributed by atoms with Crippen LogP contribution in [0.5, 0.6) is 5.75 Å². The van der Waals surface area contributed by atoms with Crippen molar-refractivity contribution in [2.45, 2.75) is 51.0 Å². The van der Waals surface area contributed by atoms with Gasteiger partial charge >= 0.3 is 0 Å². The van der Waals surface area contributed by atoms with E-state index >= 15 is 0 Å². The summed E-state index contributed by atoms with van der Waals surface area (Å²) in [5.41, 5.74) is 5.73. The fraction of sp³-hybridized carbons (Fsp3) is 0.423. The minimum atomic E-state index is 0.0318. The van der Waals surface area contributed by atoms with Crippen molar-refractivity contribution >= 4 is 0 Å². The monoisotopic (exact) mass is 420 g/mol. The van der Waals surface area contributed by atoms with Crippen LogP contribution in [-0.4, -0.2) is 36.9 Å². The van der Waals surface area contributed by atoms with Crippen LogP contribution in [0.4, 0.5) is 0 Å². The van der Waals surface area contributed by atoms with E-state index in [1.165, 1.54) is 11.1 Å². The maximum atomic E-state index is 5.80. The highest BCUT2D eigenvalue weighted by Crippen LogP contribution is 2.41. The first-order valence-electron chi connectivity index (χ1n) is 10.9. The van der Waals surface area contributed by atoms with Crippen LogP contribution < -0.4 is 4.74 Å². The molecule has 1 aromatic heterocycles. The molecule has 2 aromatic carbocycles. The van der Waals surface area contributed by atoms with Gasteiger partial charge in [-0.15, -0.1) is 0 Å². The third-order valence-corrected chi connectivity index (χ3v) is 6.45. The van der Waals surface area contributed by atoms with Crippen LogP contribution in [0.15, 0.2) is 54.6 Å². The third kappa shape index (κ3) is 4.68. The normalized spacial score (nSPS) is 21.2. The van der Waals surface area contributed by atoms with E-state index < -0.39 is 0 Å². The van der Waals surface area contributed by atoms with Crippen molar-refractivity contribution < 1.29 is 14.2 Å². The van der Waals surface area contributed by atoms with Crippen molar-refractivity contribution in [3.8, 4) is 22.7 Å². The van der Waals surface area contributed by atoms with E-state index in [-0.39, 0.29) is 11.5 Å². The van der Waals surface area contributed by atoms with Gasteiger partial charge in [0.1, 0.15) is 12.5 Å². The second-order valence-corrected chi connectivity index (χ2v) is 8.72. The average Bonchev–Trinajstić information content (AvgIpc) is 3.26. The molecule has 31 heavy (non-hydrogen) atoms. The lowest BCUT2D eigenvalue weighted by Crippen LogP contribution is -2.32. The van der Waals surface area contributed by atoms with Gasteiger partial charge in [-0.3, -0.25) is 0 Å². The summed E-state index contributed by atoms with van der Waals surface area (Å²) in [4.78, 5) is 0. The van der Waals surface area contributed by atoms with Gasteiger partial charge in [0.25, 0.3) is 0 Å². The second kappa shape index (κ2) is 9.25. The minimum Gasteiger partial charge on any atom is -0.497 e. The highest BCUT2D eigenvalue weighted by molar-refractivity contribution is 5.63. The van der Waals surface area contributed by atoms with Crippen LogP contribution in [0.25, 0.3) is 16.9 Å². The van der Waals surface area contributed by atoms with Crippen LogP contribution >= 0.6 is 0 Å². The molecule has 0 amide bonds. The fourth-order valence-electron chi connectivity index (χ4n) is 4.34. The molecule has 1 fully saturated rings. The molecule has 0 N–H and O–H groups in total. The van der Waals surface area contributed by atoms with E-state index in [1.54, 1.807) is 14.2 Å². The SMILES string of the molecule is COCOC1CCC(C)(c2cc(-c3ccc(C)cc3)n(-c3ccc(OC)cc3)n2)CC1. The molecule has 1 aliphatic rings. The summed E-state index contributed by atoms with van der Waals surface area (Å²) in [6.45, 7) is 4.81. The Morgan fingerprint density at radius 1 is 1.00 bits per heavy atom. The van der Waals surface area contributed by atoms with Crippen molar-refractivity contribution in [3.05, 3.63) is 65.9 Å². The van der Waals surface area contributed by atoms with Gasteiger partial charge in [-0.25, -0.2) is 4.68 Å². The number of hydrogen-bond acceptors (Lipinski definition) is 4. The molecule has 4 rings (SSSR count). The smallest absolute Gasteiger partial charge is 0.146 e. The number of methoxy groups -OCH3 is 2. The first kappa shape index (κ1) is 21.6. The Morgan fingerprint density at radius 3 is 2.29 bits per heavy atom. The molecular formula is C26H32N2O3. The summed E-state index contributed by atoms with van der Waals surface area (Å²) in [6, 6.07) is 19.0. The molecule has 5 heteroatoms. The van der Waals surface area contributed by atoms with Crippen LogP contribution in [0.3, 0.4) is 0 Å². The predicted octanol–water partition coefficient (Wildman–Crippen LogP) is 5.68. The fourth-order valence-corrected chi connectivity index (χ4v) is 4.34. The van der Waals surface area contributed by atoms with E-state index in [1.807, 2.05) is 12.1 Å². The Morgan fingerprint density at radius 2 is 1.68 bits per heavy atom. The van der Waals surface area contributed by atoms with Gasteiger partial charge in [0.2, 0.25) is 0 Å². The number of ether oxygens (including phenoxy) is 3. The zero-order valence-electron chi connectivity index (χ0n) is 18.9. The number of aryl methyl sites for hydroxylation is 1. The second-order valence-electron chi connectivity index (χ2n) is 8.72. The Hall–Kier alpha value is -2.63. The van der Waals surface area contributed by atoms with Crippen LogP contribution in [-0.2, 0) is 14.9 Å². The van der Waals surface area contributed by atoms with Gasteiger partial charge in [-0.1, -0.05) is 36.8 Å². The van der Waals surface area contributed by atoms with Gasteiger partial charge in [0.15, 0.2) is 0 Å². The van der Waals surface area contributed by atoms with Crippen molar-refractivity contribution in [3.63, 3.8) is 0 Å². The van der Waals surface area contributed by atoms with Crippen molar-refractivity contribution in [1.29, 1.82) is 0 Å². The molecule has 0 bridgehead atoms. The lowest BCUT2D eigenvalue weighted by atomic mass is 9.72. The van der Waals surface area contributed by atoms with Crippen molar-refractivity contribution in [2.24, 2.45) is 0 Å². The summed E-state index contributed by atoms with van der Waals surface area (Å²) in [7, 11) is 3.36. The van der Waals surface area contributed by atoms with E-state index in [0.29, 0.717) is 6.79 Å². The average molecular weight is 421 g/mol. The summed E-state index contributed by atoms with van der Waals surface area (Å²) >= 11 is 0. The summed E-state index contributed by atoms with van der Waals surface area (Å²) in [6.07, 6.45) is 4.42. The molecule has 0 atom stereocenters. The zero-order valence-corrected chi connectivity index (χ0v) is 18.9. The Kier molecular flexibility index (Phi) is 6.44. The maximum absolute atomic E-state index is 5.80. The van der Waals surface area contributed by atoms with Crippen LogP contribution in [0, 0.1) is 6.92 Å². The van der Waals surface area contributed by atoms with Crippen molar-refractivity contribution in [1.82, 2.24) is 9.78 Å². The maximum Gasteiger partial charge on any atom is 0.146 e. The molecule has 0 radical (unpaired) electrons. The number of benzene rings is 2. The lowest BCUT2D eigenvalue weighted by Gasteiger charge is -2.35. The molecular weight excluding hydrogens is 388 g/mol. The molecule has 0 aliphatic heterocycles. The van der Waals surface area contributed by atoms with E-state index in [2.05, 4.69) is 61.0 Å². The molecule has 1 aliphatic carbocycles. The van der Waals surface area contributed by atoms with Gasteiger partial charge in [-0.2, -0.15) is 5.10 Å². The van der Waals surface area contributed by atoms with Crippen LogP contribution in [0.2, 0.25) is 0 Å². The van der Waals surface area contributed by atoms with E-state index in [9.17, 15) is 0 Å². The molecule has 0 saturated heterocycles. The quantitative estimate of drug-likeness (QED) is 0.462. The zero-order chi connectivity index (χ0) is 21.8. The van der Waals surface area contributed by atoms with Crippen molar-refractivity contribution in [2.75, 3.05) is 21.0 Å². The van der Waals surface area contributed by atoms with Gasteiger partial charge in [-0.05, 0) is 62.9 Å². The van der Waals surface area contributed by atoms with Gasteiger partial charge in [0, 0.05) is 18.1 Å². The third-order valence-electron chi connectivity index (χ3n) is 6.45. The molecule has 3 aromatic rings. The predicted molar refractivity (Wildman–Crippen MR) is 123 cm³/mol. The first-order chi connectivity index (χ1) is 15.0. The Bertz CT molecular complexity index is 984. The first-order valence-corrected chi connectivity index (χ1v) is 10.9. The Balaban J connectivity index is 1.68. The number of rotatable bonds is 7. The number of nitrogens with zero attached hydrogens (tertiary/aromatic N) is 2. The Labute approximate surface area is 185 Å². The summed E-state index contributed by atoms with van der Waals surface area (Å²) in [5.74, 6) is 0.842. The number of hydrogen-bond donors (Lipinski definition) is 0. The van der Waals surface area contributed by atoms with Crippen LogP contribution in [0.1, 0.15) is 43.9 Å². The topological polar surface area (TPSA) is 45.5 Å². The molecule has 1 saturated carbocycles. The van der Waals surface area contributed by atoms with E-state index in [4.69, 9.17) is 19.3 Å². The molecule has 0 spiro atoms. The lowest BCUT2D eigenvalue weighted by molar-refractivity contribution is -0.0872. The minimum absolute atomic E-state index is 0.0318. The summed E-state index contributed by atoms with van der Waals surface area (Å²) in [5, 5.41) is 5.13. The highest BCUT2D eigenvalue weighted by atomic mass is 16.7. The molecule has 164 valence electrons. The van der Waals surface area contributed by atoms with Gasteiger partial charge in [0.05, 0.1) is 30.3 Å². The molecule has 5 nitrogen and oxygen atoms in total. The van der Waals surface area contributed by atoms with Gasteiger partial charge < -0.3 is 14.2 Å². The van der Waals surface area contributed by atoms with E-state index in [0.717, 1.165) is 48.5 Å².